The summed E-state index contributed by atoms with van der Waals surface area (Å²) in [7, 11) is 0. The van der Waals surface area contributed by atoms with Gasteiger partial charge < -0.3 is 10.1 Å². The topological polar surface area (TPSA) is 21.3 Å². The Balaban J connectivity index is 1.79. The first kappa shape index (κ1) is 16.1. The van der Waals surface area contributed by atoms with Gasteiger partial charge in [0.2, 0.25) is 0 Å². The molecule has 2 aromatic carbocycles. The SMILES string of the molecule is CCC(NCCOc1cccc(C)c1)c1ccc(Br)cc1. The molecule has 0 aliphatic heterocycles. The molecule has 0 fully saturated rings. The fraction of sp³-hybridized carbons (Fsp3) is 0.333. The molecule has 2 rings (SSSR count). The molecule has 0 bridgehead atoms. The van der Waals surface area contributed by atoms with Gasteiger partial charge in [0.1, 0.15) is 12.4 Å². The van der Waals surface area contributed by atoms with E-state index >= 15 is 0 Å². The lowest BCUT2D eigenvalue weighted by atomic mass is 10.1. The molecule has 21 heavy (non-hydrogen) atoms. The molecule has 3 heteroatoms. The molecule has 1 atom stereocenters. The second-order valence-corrected chi connectivity index (χ2v) is 6.05. The van der Waals surface area contributed by atoms with E-state index in [1.165, 1.54) is 11.1 Å². The average Bonchev–Trinajstić information content (AvgIpc) is 2.49. The first-order chi connectivity index (χ1) is 10.2. The normalized spacial score (nSPS) is 12.1. The summed E-state index contributed by atoms with van der Waals surface area (Å²) in [5.41, 5.74) is 2.54. The van der Waals surface area contributed by atoms with Gasteiger partial charge in [0.15, 0.2) is 0 Å². The quantitative estimate of drug-likeness (QED) is 0.721. The van der Waals surface area contributed by atoms with Crippen molar-refractivity contribution in [2.75, 3.05) is 13.2 Å². The number of nitrogens with one attached hydrogen (secondary N) is 1. The van der Waals surface area contributed by atoms with Crippen molar-refractivity contribution in [3.63, 3.8) is 0 Å². The minimum Gasteiger partial charge on any atom is -0.492 e. The van der Waals surface area contributed by atoms with Crippen molar-refractivity contribution in [3.05, 3.63) is 64.1 Å². The number of hydrogen-bond acceptors (Lipinski definition) is 2. The van der Waals surface area contributed by atoms with Gasteiger partial charge in [-0.05, 0) is 48.7 Å². The molecule has 0 spiro atoms. The first-order valence-corrected chi connectivity index (χ1v) is 8.16. The molecule has 0 saturated carbocycles. The fourth-order valence-electron chi connectivity index (χ4n) is 2.30. The number of benzene rings is 2. The van der Waals surface area contributed by atoms with Gasteiger partial charge in [0.05, 0.1) is 0 Å². The van der Waals surface area contributed by atoms with Crippen molar-refractivity contribution in [3.8, 4) is 5.75 Å². The molecule has 0 aliphatic rings. The fourth-order valence-corrected chi connectivity index (χ4v) is 2.56. The van der Waals surface area contributed by atoms with Crippen molar-refractivity contribution in [2.24, 2.45) is 0 Å². The van der Waals surface area contributed by atoms with Crippen LogP contribution in [0.2, 0.25) is 0 Å². The zero-order valence-electron chi connectivity index (χ0n) is 12.6. The maximum Gasteiger partial charge on any atom is 0.119 e. The van der Waals surface area contributed by atoms with E-state index in [2.05, 4.69) is 71.5 Å². The van der Waals surface area contributed by atoms with Crippen molar-refractivity contribution in [1.29, 1.82) is 0 Å². The lowest BCUT2D eigenvalue weighted by Crippen LogP contribution is -2.25. The third-order valence-electron chi connectivity index (χ3n) is 3.43. The molecule has 0 heterocycles. The summed E-state index contributed by atoms with van der Waals surface area (Å²) >= 11 is 3.47. The van der Waals surface area contributed by atoms with Crippen molar-refractivity contribution in [1.82, 2.24) is 5.32 Å². The van der Waals surface area contributed by atoms with Gasteiger partial charge in [-0.15, -0.1) is 0 Å². The summed E-state index contributed by atoms with van der Waals surface area (Å²) < 4.78 is 6.88. The number of rotatable bonds is 7. The van der Waals surface area contributed by atoms with Crippen LogP contribution in [0, 0.1) is 6.92 Å². The molecule has 2 nitrogen and oxygen atoms in total. The van der Waals surface area contributed by atoms with Crippen molar-refractivity contribution in [2.45, 2.75) is 26.3 Å². The van der Waals surface area contributed by atoms with E-state index in [1.54, 1.807) is 0 Å². The standard InChI is InChI=1S/C18H22BrNO/c1-3-18(15-7-9-16(19)10-8-15)20-11-12-21-17-6-4-5-14(2)13-17/h4-10,13,18,20H,3,11-12H2,1-2H3. The van der Waals surface area contributed by atoms with Crippen LogP contribution in [-0.2, 0) is 0 Å². The van der Waals surface area contributed by atoms with Gasteiger partial charge in [-0.3, -0.25) is 0 Å². The third-order valence-corrected chi connectivity index (χ3v) is 3.96. The lowest BCUT2D eigenvalue weighted by Gasteiger charge is -2.18. The molecule has 2 aromatic rings. The van der Waals surface area contributed by atoms with Crippen LogP contribution in [0.15, 0.2) is 53.0 Å². The largest absolute Gasteiger partial charge is 0.492 e. The minimum atomic E-state index is 0.374. The highest BCUT2D eigenvalue weighted by Crippen LogP contribution is 2.19. The Labute approximate surface area is 135 Å². The van der Waals surface area contributed by atoms with Crippen LogP contribution in [0.4, 0.5) is 0 Å². The summed E-state index contributed by atoms with van der Waals surface area (Å²) in [6, 6.07) is 17.0. The number of ether oxygens (including phenoxy) is 1. The second kappa shape index (κ2) is 8.20. The zero-order valence-corrected chi connectivity index (χ0v) is 14.2. The van der Waals surface area contributed by atoms with Crippen molar-refractivity contribution >= 4 is 15.9 Å². The molecule has 1 unspecified atom stereocenters. The molecule has 112 valence electrons. The molecular weight excluding hydrogens is 326 g/mol. The maximum atomic E-state index is 5.77. The molecule has 0 amide bonds. The average molecular weight is 348 g/mol. The monoisotopic (exact) mass is 347 g/mol. The predicted octanol–water partition coefficient (Wildman–Crippen LogP) is 4.88. The van der Waals surface area contributed by atoms with Crippen LogP contribution >= 0.6 is 15.9 Å². The third kappa shape index (κ3) is 5.18. The number of hydrogen-bond donors (Lipinski definition) is 1. The molecule has 1 N–H and O–H groups in total. The van der Waals surface area contributed by atoms with Crippen LogP contribution < -0.4 is 10.1 Å². The van der Waals surface area contributed by atoms with E-state index in [4.69, 9.17) is 4.74 Å². The second-order valence-electron chi connectivity index (χ2n) is 5.13. The van der Waals surface area contributed by atoms with E-state index in [0.717, 1.165) is 23.2 Å². The van der Waals surface area contributed by atoms with E-state index < -0.39 is 0 Å². The van der Waals surface area contributed by atoms with E-state index in [-0.39, 0.29) is 0 Å². The van der Waals surface area contributed by atoms with Gasteiger partial charge in [0, 0.05) is 17.1 Å². The smallest absolute Gasteiger partial charge is 0.119 e. The summed E-state index contributed by atoms with van der Waals surface area (Å²) in [4.78, 5) is 0. The highest BCUT2D eigenvalue weighted by atomic mass is 79.9. The van der Waals surface area contributed by atoms with Gasteiger partial charge >= 0.3 is 0 Å². The highest BCUT2D eigenvalue weighted by Gasteiger charge is 2.07. The van der Waals surface area contributed by atoms with Crippen LogP contribution in [-0.4, -0.2) is 13.2 Å². The number of aryl methyl sites for hydroxylation is 1. The van der Waals surface area contributed by atoms with Crippen LogP contribution in [0.3, 0.4) is 0 Å². The van der Waals surface area contributed by atoms with Crippen LogP contribution in [0.25, 0.3) is 0 Å². The van der Waals surface area contributed by atoms with Gasteiger partial charge in [-0.25, -0.2) is 0 Å². The molecule has 0 radical (unpaired) electrons. The molecule has 0 aliphatic carbocycles. The Hall–Kier alpha value is -1.32. The molecular formula is C18H22BrNO. The molecule has 0 saturated heterocycles. The van der Waals surface area contributed by atoms with E-state index in [1.807, 2.05) is 12.1 Å². The first-order valence-electron chi connectivity index (χ1n) is 7.37. The minimum absolute atomic E-state index is 0.374. The van der Waals surface area contributed by atoms with Crippen LogP contribution in [0.5, 0.6) is 5.75 Å². The van der Waals surface area contributed by atoms with E-state index in [0.29, 0.717) is 12.6 Å². The van der Waals surface area contributed by atoms with Crippen molar-refractivity contribution < 1.29 is 4.74 Å². The van der Waals surface area contributed by atoms with Gasteiger partial charge in [0.25, 0.3) is 0 Å². The Morgan fingerprint density at radius 3 is 2.57 bits per heavy atom. The Morgan fingerprint density at radius 2 is 1.90 bits per heavy atom. The van der Waals surface area contributed by atoms with E-state index in [9.17, 15) is 0 Å². The Kier molecular flexibility index (Phi) is 6.27. The zero-order chi connectivity index (χ0) is 15.1. The Morgan fingerprint density at radius 1 is 1.14 bits per heavy atom. The number of halogens is 1. The maximum absolute atomic E-state index is 5.77. The summed E-state index contributed by atoms with van der Waals surface area (Å²) in [5.74, 6) is 0.938. The van der Waals surface area contributed by atoms with Crippen LogP contribution in [0.1, 0.15) is 30.5 Å². The summed E-state index contributed by atoms with van der Waals surface area (Å²) in [6.07, 6.45) is 1.06. The molecule has 0 aromatic heterocycles. The van der Waals surface area contributed by atoms with Gasteiger partial charge in [-0.2, -0.15) is 0 Å². The van der Waals surface area contributed by atoms with Gasteiger partial charge in [-0.1, -0.05) is 47.1 Å². The summed E-state index contributed by atoms with van der Waals surface area (Å²) in [5, 5.41) is 3.55. The Bertz CT molecular complexity index is 553. The predicted molar refractivity (Wildman–Crippen MR) is 91.9 cm³/mol. The highest BCUT2D eigenvalue weighted by molar-refractivity contribution is 9.10. The lowest BCUT2D eigenvalue weighted by molar-refractivity contribution is 0.304. The summed E-state index contributed by atoms with van der Waals surface area (Å²) in [6.45, 7) is 5.78.